The van der Waals surface area contributed by atoms with Gasteiger partial charge in [0.05, 0.1) is 5.56 Å². The van der Waals surface area contributed by atoms with Gasteiger partial charge in [0.2, 0.25) is 11.8 Å². The molecule has 1 heterocycles. The average Bonchev–Trinajstić information content (AvgIpc) is 2.54. The monoisotopic (exact) mass is 336 g/mol. The van der Waals surface area contributed by atoms with Crippen LogP contribution in [0.3, 0.4) is 0 Å². The molecule has 0 unspecified atom stereocenters. The zero-order chi connectivity index (χ0) is 18.0. The van der Waals surface area contributed by atoms with E-state index in [0.717, 1.165) is 5.39 Å². The topological polar surface area (TPSA) is 88.4 Å². The van der Waals surface area contributed by atoms with Crippen molar-refractivity contribution in [2.45, 2.75) is 13.8 Å². The van der Waals surface area contributed by atoms with Gasteiger partial charge in [-0.2, -0.15) is 0 Å². The molecule has 2 N–H and O–H groups in total. The van der Waals surface area contributed by atoms with Gasteiger partial charge in [-0.15, -0.1) is 0 Å². The first-order valence-electron chi connectivity index (χ1n) is 7.66. The van der Waals surface area contributed by atoms with Crippen LogP contribution in [-0.4, -0.2) is 11.8 Å². The molecule has 0 spiro atoms. The predicted molar refractivity (Wildman–Crippen MR) is 96.5 cm³/mol. The molecule has 6 heteroatoms. The van der Waals surface area contributed by atoms with Crippen LogP contribution >= 0.6 is 0 Å². The molecule has 0 radical (unpaired) electrons. The first-order chi connectivity index (χ1) is 11.9. The van der Waals surface area contributed by atoms with E-state index in [9.17, 15) is 14.4 Å². The number of carbonyl (C=O) groups excluding carboxylic acids is 2. The van der Waals surface area contributed by atoms with E-state index in [-0.39, 0.29) is 11.8 Å². The van der Waals surface area contributed by atoms with E-state index >= 15 is 0 Å². The van der Waals surface area contributed by atoms with Gasteiger partial charge in [-0.3, -0.25) is 9.59 Å². The Hall–Kier alpha value is -3.41. The third-order valence-corrected chi connectivity index (χ3v) is 3.57. The number of anilines is 2. The lowest BCUT2D eigenvalue weighted by molar-refractivity contribution is -0.115. The number of benzene rings is 2. The highest BCUT2D eigenvalue weighted by Gasteiger charge is 2.09. The highest BCUT2D eigenvalue weighted by atomic mass is 16.4. The second kappa shape index (κ2) is 6.60. The Morgan fingerprint density at radius 2 is 1.44 bits per heavy atom. The van der Waals surface area contributed by atoms with Crippen LogP contribution in [0.25, 0.3) is 22.1 Å². The second-order valence-electron chi connectivity index (χ2n) is 5.64. The number of hydrogen-bond acceptors (Lipinski definition) is 4. The van der Waals surface area contributed by atoms with Crippen molar-refractivity contribution in [2.75, 3.05) is 10.6 Å². The van der Waals surface area contributed by atoms with Crippen LogP contribution < -0.4 is 16.3 Å². The van der Waals surface area contributed by atoms with Gasteiger partial charge in [0.25, 0.3) is 0 Å². The summed E-state index contributed by atoms with van der Waals surface area (Å²) in [5.41, 5.74) is 2.26. The van der Waals surface area contributed by atoms with Crippen molar-refractivity contribution in [2.24, 2.45) is 0 Å². The zero-order valence-electron chi connectivity index (χ0n) is 13.8. The molecule has 0 saturated heterocycles. The Morgan fingerprint density at radius 1 is 0.840 bits per heavy atom. The highest BCUT2D eigenvalue weighted by Crippen LogP contribution is 2.24. The Bertz CT molecular complexity index is 1020. The molecule has 0 aliphatic carbocycles. The van der Waals surface area contributed by atoms with E-state index in [1.807, 2.05) is 0 Å². The normalized spacial score (nSPS) is 10.5. The Morgan fingerprint density at radius 3 is 2.08 bits per heavy atom. The molecule has 126 valence electrons. The van der Waals surface area contributed by atoms with Crippen molar-refractivity contribution in [3.8, 4) is 11.1 Å². The summed E-state index contributed by atoms with van der Waals surface area (Å²) in [5.74, 6) is -0.356. The standard InChI is InChI=1S/C19H16N2O4/c1-11(22)20-15-6-3-13(4-7-15)17-9-14-5-8-16(21-12(2)23)10-18(14)25-19(17)24/h3-10H,1-2H3,(H,20,22)(H,21,23). The van der Waals surface area contributed by atoms with Crippen LogP contribution in [0.5, 0.6) is 0 Å². The maximum atomic E-state index is 12.3. The van der Waals surface area contributed by atoms with Crippen LogP contribution in [-0.2, 0) is 9.59 Å². The maximum absolute atomic E-state index is 12.3. The summed E-state index contributed by atoms with van der Waals surface area (Å²) in [6.07, 6.45) is 0. The molecule has 2 aromatic carbocycles. The smallest absolute Gasteiger partial charge is 0.344 e. The summed E-state index contributed by atoms with van der Waals surface area (Å²) in [6.45, 7) is 2.84. The lowest BCUT2D eigenvalue weighted by atomic mass is 10.1. The maximum Gasteiger partial charge on any atom is 0.344 e. The summed E-state index contributed by atoms with van der Waals surface area (Å²) in [7, 11) is 0. The molecule has 1 aromatic heterocycles. The quantitative estimate of drug-likeness (QED) is 0.718. The van der Waals surface area contributed by atoms with Crippen LogP contribution in [0.2, 0.25) is 0 Å². The summed E-state index contributed by atoms with van der Waals surface area (Å²) >= 11 is 0. The zero-order valence-corrected chi connectivity index (χ0v) is 13.8. The number of rotatable bonds is 3. The minimum absolute atomic E-state index is 0.159. The molecular formula is C19H16N2O4. The van der Waals surface area contributed by atoms with Gasteiger partial charge in [-0.25, -0.2) is 4.79 Å². The van der Waals surface area contributed by atoms with Crippen molar-refractivity contribution >= 4 is 34.2 Å². The van der Waals surface area contributed by atoms with E-state index in [1.165, 1.54) is 13.8 Å². The van der Waals surface area contributed by atoms with Gasteiger partial charge in [0.15, 0.2) is 0 Å². The SMILES string of the molecule is CC(=O)Nc1ccc(-c2cc3ccc(NC(C)=O)cc3oc2=O)cc1. The van der Waals surface area contributed by atoms with E-state index in [0.29, 0.717) is 28.1 Å². The lowest BCUT2D eigenvalue weighted by Gasteiger charge is -2.06. The molecule has 3 aromatic rings. The molecule has 25 heavy (non-hydrogen) atoms. The molecule has 0 saturated carbocycles. The van der Waals surface area contributed by atoms with Crippen LogP contribution in [0.4, 0.5) is 11.4 Å². The first-order valence-corrected chi connectivity index (χ1v) is 7.66. The van der Waals surface area contributed by atoms with Crippen LogP contribution in [0, 0.1) is 0 Å². The average molecular weight is 336 g/mol. The molecule has 2 amide bonds. The number of hydrogen-bond donors (Lipinski definition) is 2. The van der Waals surface area contributed by atoms with E-state index < -0.39 is 5.63 Å². The summed E-state index contributed by atoms with van der Waals surface area (Å²) in [6, 6.07) is 13.8. The fourth-order valence-corrected chi connectivity index (χ4v) is 2.53. The molecule has 0 fully saturated rings. The van der Waals surface area contributed by atoms with Crippen LogP contribution in [0.15, 0.2) is 57.7 Å². The molecule has 0 bridgehead atoms. The van der Waals surface area contributed by atoms with Crippen LogP contribution in [0.1, 0.15) is 13.8 Å². The number of nitrogens with one attached hydrogen (secondary N) is 2. The van der Waals surface area contributed by atoms with Crippen molar-refractivity contribution in [3.63, 3.8) is 0 Å². The molecule has 3 rings (SSSR count). The van der Waals surface area contributed by atoms with Crippen molar-refractivity contribution in [3.05, 3.63) is 59.0 Å². The lowest BCUT2D eigenvalue weighted by Crippen LogP contribution is -2.07. The summed E-state index contributed by atoms with van der Waals surface area (Å²) in [4.78, 5) is 34.5. The third kappa shape index (κ3) is 3.74. The Labute approximate surface area is 143 Å². The molecule has 6 nitrogen and oxygen atoms in total. The highest BCUT2D eigenvalue weighted by molar-refractivity contribution is 5.92. The van der Waals surface area contributed by atoms with Gasteiger partial charge in [-0.05, 0) is 35.9 Å². The van der Waals surface area contributed by atoms with Gasteiger partial charge < -0.3 is 15.1 Å². The summed E-state index contributed by atoms with van der Waals surface area (Å²) in [5, 5.41) is 6.07. The van der Waals surface area contributed by atoms with Gasteiger partial charge in [0.1, 0.15) is 5.58 Å². The molecule has 0 aliphatic heterocycles. The number of carbonyl (C=O) groups is 2. The fraction of sp³-hybridized carbons (Fsp3) is 0.105. The molecule has 0 aliphatic rings. The van der Waals surface area contributed by atoms with Gasteiger partial charge >= 0.3 is 5.63 Å². The summed E-state index contributed by atoms with van der Waals surface area (Å²) < 4.78 is 5.39. The molecule has 0 atom stereocenters. The van der Waals surface area contributed by atoms with E-state index in [1.54, 1.807) is 48.5 Å². The second-order valence-corrected chi connectivity index (χ2v) is 5.64. The van der Waals surface area contributed by atoms with Gasteiger partial charge in [0, 0.05) is 36.7 Å². The van der Waals surface area contributed by atoms with E-state index in [2.05, 4.69) is 10.6 Å². The minimum Gasteiger partial charge on any atom is -0.422 e. The Balaban J connectivity index is 1.99. The van der Waals surface area contributed by atoms with E-state index in [4.69, 9.17) is 4.42 Å². The predicted octanol–water partition coefficient (Wildman–Crippen LogP) is 3.38. The van der Waals surface area contributed by atoms with Crippen molar-refractivity contribution in [1.29, 1.82) is 0 Å². The number of fused-ring (bicyclic) bond motifs is 1. The Kier molecular flexibility index (Phi) is 4.35. The fourth-order valence-electron chi connectivity index (χ4n) is 2.53. The minimum atomic E-state index is -0.472. The largest absolute Gasteiger partial charge is 0.422 e. The van der Waals surface area contributed by atoms with Crippen molar-refractivity contribution in [1.82, 2.24) is 0 Å². The van der Waals surface area contributed by atoms with Crippen molar-refractivity contribution < 1.29 is 14.0 Å². The third-order valence-electron chi connectivity index (χ3n) is 3.57. The number of amides is 2. The molecular weight excluding hydrogens is 320 g/mol. The first kappa shape index (κ1) is 16.4. The van der Waals surface area contributed by atoms with Gasteiger partial charge in [-0.1, -0.05) is 12.1 Å².